The number of carboxylic acids is 2. The lowest BCUT2D eigenvalue weighted by molar-refractivity contribution is -0.136. The lowest BCUT2D eigenvalue weighted by Crippen LogP contribution is -2.23. The van der Waals surface area contributed by atoms with Crippen LogP contribution in [0.2, 0.25) is 0 Å². The van der Waals surface area contributed by atoms with Crippen molar-refractivity contribution in [2.45, 2.75) is 62.9 Å². The first-order valence-corrected chi connectivity index (χ1v) is 9.18. The third-order valence-electron chi connectivity index (χ3n) is 6.27. The van der Waals surface area contributed by atoms with E-state index in [-0.39, 0.29) is 60.2 Å². The second-order valence-corrected chi connectivity index (χ2v) is 7.99. The molecule has 6 nitrogen and oxygen atoms in total. The zero-order valence-corrected chi connectivity index (χ0v) is 14.6. The topological polar surface area (TPSA) is 99.7 Å². The minimum absolute atomic E-state index is 0.00520. The average molecular weight is 360 g/mol. The Kier molecular flexibility index (Phi) is 4.28. The minimum Gasteiger partial charge on any atom is -0.478 e. The van der Waals surface area contributed by atoms with Crippen molar-refractivity contribution in [3.63, 3.8) is 0 Å². The standard InChI is InChI=1S/C20H24O6/c1-9-3-15-17(25-15)7-11(9)5-13(19(21)22)14(20(23)24)6-12-8-18-16(26-18)4-10(12)2/h11-12,15-18H,1-8H2,(H,21,22)(H,23,24)/b14-13-. The Bertz CT molecular complexity index is 660. The van der Waals surface area contributed by atoms with Gasteiger partial charge in [-0.25, -0.2) is 9.59 Å². The zero-order valence-electron chi connectivity index (χ0n) is 14.6. The van der Waals surface area contributed by atoms with E-state index in [4.69, 9.17) is 9.47 Å². The van der Waals surface area contributed by atoms with Gasteiger partial charge in [-0.2, -0.15) is 0 Å². The van der Waals surface area contributed by atoms with Crippen molar-refractivity contribution in [1.82, 2.24) is 0 Å². The number of carbonyl (C=O) groups is 2. The molecule has 2 aliphatic heterocycles. The molecule has 6 heteroatoms. The van der Waals surface area contributed by atoms with Gasteiger partial charge in [0, 0.05) is 11.1 Å². The molecule has 26 heavy (non-hydrogen) atoms. The van der Waals surface area contributed by atoms with Crippen LogP contribution in [-0.2, 0) is 19.1 Å². The summed E-state index contributed by atoms with van der Waals surface area (Å²) >= 11 is 0. The first-order valence-electron chi connectivity index (χ1n) is 9.18. The van der Waals surface area contributed by atoms with Gasteiger partial charge in [0.05, 0.1) is 24.4 Å². The third kappa shape index (κ3) is 3.35. The van der Waals surface area contributed by atoms with Gasteiger partial charge in [-0.05, 0) is 50.4 Å². The number of epoxide rings is 2. The maximum Gasteiger partial charge on any atom is 0.332 e. The SMILES string of the molecule is C=C1CC2OC2CC1C/C(C(=O)O)=C(\CC1CC2OC2CC1=C)C(=O)O. The fraction of sp³-hybridized carbons (Fsp3) is 0.600. The van der Waals surface area contributed by atoms with E-state index in [0.29, 0.717) is 0 Å². The van der Waals surface area contributed by atoms with E-state index < -0.39 is 11.9 Å². The Morgan fingerprint density at radius 3 is 1.54 bits per heavy atom. The van der Waals surface area contributed by atoms with Crippen LogP contribution in [0.25, 0.3) is 0 Å². The average Bonchev–Trinajstić information content (AvgIpc) is 3.45. The predicted molar refractivity (Wildman–Crippen MR) is 92.6 cm³/mol. The molecule has 0 aromatic rings. The molecule has 4 fully saturated rings. The van der Waals surface area contributed by atoms with Gasteiger partial charge in [0.15, 0.2) is 0 Å². The molecule has 0 spiro atoms. The van der Waals surface area contributed by atoms with E-state index in [0.717, 1.165) is 36.8 Å². The zero-order chi connectivity index (χ0) is 18.6. The number of aliphatic carboxylic acids is 2. The third-order valence-corrected chi connectivity index (χ3v) is 6.27. The van der Waals surface area contributed by atoms with Crippen molar-refractivity contribution < 1.29 is 29.3 Å². The summed E-state index contributed by atoms with van der Waals surface area (Å²) in [6.07, 6.45) is 4.14. The molecule has 2 heterocycles. The summed E-state index contributed by atoms with van der Waals surface area (Å²) in [5.74, 6) is -2.39. The van der Waals surface area contributed by atoms with E-state index in [1.807, 2.05) is 0 Å². The number of fused-ring (bicyclic) bond motifs is 2. The molecule has 6 unspecified atom stereocenters. The molecule has 0 bridgehead atoms. The van der Waals surface area contributed by atoms with Crippen LogP contribution in [-0.4, -0.2) is 46.6 Å². The van der Waals surface area contributed by atoms with Gasteiger partial charge in [0.2, 0.25) is 0 Å². The maximum atomic E-state index is 11.9. The molecule has 2 saturated carbocycles. The lowest BCUT2D eigenvalue weighted by Gasteiger charge is -2.25. The fourth-order valence-corrected chi connectivity index (χ4v) is 4.50. The van der Waals surface area contributed by atoms with Gasteiger partial charge in [-0.15, -0.1) is 0 Å². The van der Waals surface area contributed by atoms with Crippen LogP contribution in [0.1, 0.15) is 38.5 Å². The summed E-state index contributed by atoms with van der Waals surface area (Å²) in [4.78, 5) is 23.8. The van der Waals surface area contributed by atoms with Crippen LogP contribution >= 0.6 is 0 Å². The summed E-state index contributed by atoms with van der Waals surface area (Å²) in [5.41, 5.74) is 1.91. The number of hydrogen-bond donors (Lipinski definition) is 2. The largest absolute Gasteiger partial charge is 0.478 e. The molecule has 140 valence electrons. The fourth-order valence-electron chi connectivity index (χ4n) is 4.50. The monoisotopic (exact) mass is 360 g/mol. The van der Waals surface area contributed by atoms with E-state index in [9.17, 15) is 19.8 Å². The van der Waals surface area contributed by atoms with Crippen LogP contribution in [0, 0.1) is 11.8 Å². The Labute approximate surface area is 152 Å². The highest BCUT2D eigenvalue weighted by Crippen LogP contribution is 2.46. The predicted octanol–water partition coefficient (Wildman–Crippen LogP) is 2.70. The second-order valence-electron chi connectivity index (χ2n) is 7.99. The summed E-state index contributed by atoms with van der Waals surface area (Å²) in [6, 6.07) is 0. The molecule has 2 aliphatic carbocycles. The van der Waals surface area contributed by atoms with Crippen molar-refractivity contribution in [2.75, 3.05) is 0 Å². The molecule has 6 atom stereocenters. The Hall–Kier alpha value is -1.92. The van der Waals surface area contributed by atoms with Crippen molar-refractivity contribution in [3.05, 3.63) is 35.5 Å². The van der Waals surface area contributed by atoms with Crippen LogP contribution in [0.5, 0.6) is 0 Å². The van der Waals surface area contributed by atoms with Crippen molar-refractivity contribution in [1.29, 1.82) is 0 Å². The number of ether oxygens (including phenoxy) is 2. The Morgan fingerprint density at radius 2 is 1.19 bits per heavy atom. The van der Waals surface area contributed by atoms with E-state index in [1.54, 1.807) is 0 Å². The molecule has 0 radical (unpaired) electrons. The number of carboxylic acid groups (broad SMARTS) is 2. The van der Waals surface area contributed by atoms with Gasteiger partial charge in [0.1, 0.15) is 0 Å². The van der Waals surface area contributed by atoms with Gasteiger partial charge < -0.3 is 19.7 Å². The normalized spacial score (nSPS) is 38.8. The van der Waals surface area contributed by atoms with Gasteiger partial charge in [-0.3, -0.25) is 0 Å². The summed E-state index contributed by atoms with van der Waals surface area (Å²) in [5, 5.41) is 19.4. The van der Waals surface area contributed by atoms with Crippen LogP contribution in [0.4, 0.5) is 0 Å². The Morgan fingerprint density at radius 1 is 0.808 bits per heavy atom. The number of rotatable bonds is 6. The molecule has 0 aromatic carbocycles. The van der Waals surface area contributed by atoms with Crippen molar-refractivity contribution >= 4 is 11.9 Å². The highest BCUT2D eigenvalue weighted by Gasteiger charge is 2.47. The highest BCUT2D eigenvalue weighted by molar-refractivity contribution is 5.98. The molecular weight excluding hydrogens is 336 g/mol. The molecule has 2 saturated heterocycles. The molecule has 0 aromatic heterocycles. The van der Waals surface area contributed by atoms with Crippen molar-refractivity contribution in [2.24, 2.45) is 11.8 Å². The smallest absolute Gasteiger partial charge is 0.332 e. The molecule has 4 rings (SSSR count). The molecule has 0 amide bonds. The molecule has 2 N–H and O–H groups in total. The number of hydrogen-bond acceptors (Lipinski definition) is 4. The van der Waals surface area contributed by atoms with E-state index in [1.165, 1.54) is 0 Å². The van der Waals surface area contributed by atoms with Gasteiger partial charge >= 0.3 is 11.9 Å². The summed E-state index contributed by atoms with van der Waals surface area (Å²) in [7, 11) is 0. The maximum absolute atomic E-state index is 11.9. The molecule has 4 aliphatic rings. The second kappa shape index (κ2) is 6.35. The van der Waals surface area contributed by atoms with Crippen LogP contribution in [0.15, 0.2) is 35.5 Å². The van der Waals surface area contributed by atoms with Gasteiger partial charge in [0.25, 0.3) is 0 Å². The lowest BCUT2D eigenvalue weighted by atomic mass is 9.77. The first kappa shape index (κ1) is 17.5. The molecular formula is C20H24O6. The van der Waals surface area contributed by atoms with Gasteiger partial charge in [-0.1, -0.05) is 24.3 Å². The van der Waals surface area contributed by atoms with Crippen LogP contribution in [0.3, 0.4) is 0 Å². The van der Waals surface area contributed by atoms with Crippen molar-refractivity contribution in [3.8, 4) is 0 Å². The van der Waals surface area contributed by atoms with Crippen LogP contribution < -0.4 is 0 Å². The minimum atomic E-state index is -1.16. The highest BCUT2D eigenvalue weighted by atomic mass is 16.6. The first-order chi connectivity index (χ1) is 12.3. The summed E-state index contributed by atoms with van der Waals surface area (Å²) in [6.45, 7) is 8.12. The summed E-state index contributed by atoms with van der Waals surface area (Å²) < 4.78 is 11.0. The quantitative estimate of drug-likeness (QED) is 0.429. The van der Waals surface area contributed by atoms with E-state index in [2.05, 4.69) is 13.2 Å². The Balaban J connectivity index is 1.55. The van der Waals surface area contributed by atoms with E-state index >= 15 is 0 Å².